The minimum atomic E-state index is 0.0779. The largest absolute Gasteiger partial charge is 0.339 e. The minimum absolute atomic E-state index is 0.0779. The van der Waals surface area contributed by atoms with Crippen molar-refractivity contribution in [1.82, 2.24) is 20.2 Å². The van der Waals surface area contributed by atoms with Crippen molar-refractivity contribution in [3.63, 3.8) is 0 Å². The van der Waals surface area contributed by atoms with Crippen molar-refractivity contribution in [1.29, 1.82) is 0 Å². The summed E-state index contributed by atoms with van der Waals surface area (Å²) in [4.78, 5) is 25.4. The molecule has 6 nitrogen and oxygen atoms in total. The zero-order chi connectivity index (χ0) is 17.0. The fraction of sp³-hybridized carbons (Fsp3) is 0.706. The number of nitrogens with zero attached hydrogens (tertiary/aromatic N) is 4. The molecule has 3 rings (SSSR count). The van der Waals surface area contributed by atoms with Crippen LogP contribution < -0.4 is 10.2 Å². The van der Waals surface area contributed by atoms with Crippen molar-refractivity contribution in [2.75, 3.05) is 36.8 Å². The number of hydrogen-bond donors (Lipinski definition) is 1. The van der Waals surface area contributed by atoms with E-state index in [9.17, 15) is 4.79 Å². The number of aromatic nitrogens is 2. The molecule has 0 aliphatic carbocycles. The second kappa shape index (κ2) is 7.59. The van der Waals surface area contributed by atoms with Gasteiger partial charge >= 0.3 is 6.03 Å². The molecule has 0 aromatic carbocycles. The number of nitrogens with one attached hydrogen (secondary N) is 1. The summed E-state index contributed by atoms with van der Waals surface area (Å²) < 4.78 is 0.265. The SMILES string of the molecule is CC1(C)CCN(C(=O)NC2CCCN(c3ncccn3)C2)CCS1. The number of anilines is 1. The van der Waals surface area contributed by atoms with Crippen molar-refractivity contribution < 1.29 is 4.79 Å². The second-order valence-corrected chi connectivity index (χ2v) is 8.93. The second-order valence-electron chi connectivity index (χ2n) is 7.13. The van der Waals surface area contributed by atoms with Gasteiger partial charge in [0.2, 0.25) is 5.95 Å². The fourth-order valence-corrected chi connectivity index (χ4v) is 4.32. The van der Waals surface area contributed by atoms with Crippen LogP contribution in [0.2, 0.25) is 0 Å². The Balaban J connectivity index is 1.54. The highest BCUT2D eigenvalue weighted by Gasteiger charge is 2.28. The van der Waals surface area contributed by atoms with Crippen LogP contribution >= 0.6 is 11.8 Å². The van der Waals surface area contributed by atoms with E-state index in [1.54, 1.807) is 12.4 Å². The van der Waals surface area contributed by atoms with Gasteiger partial charge in [0.05, 0.1) is 0 Å². The maximum absolute atomic E-state index is 12.6. The van der Waals surface area contributed by atoms with E-state index in [2.05, 4.69) is 34.0 Å². The molecule has 1 unspecified atom stereocenters. The first-order valence-electron chi connectivity index (χ1n) is 8.75. The number of piperidine rings is 1. The molecule has 2 aliphatic heterocycles. The Hall–Kier alpha value is -1.50. The molecule has 1 aromatic heterocycles. The van der Waals surface area contributed by atoms with Crippen LogP contribution in [0.25, 0.3) is 0 Å². The Bertz CT molecular complexity index is 553. The molecule has 0 saturated carbocycles. The standard InChI is InChI=1S/C17H27N5OS/c1-17(2)6-10-21(11-12-24-17)16(23)20-14-5-3-9-22(13-14)15-18-7-4-8-19-15/h4,7-8,14H,3,5-6,9-13H2,1-2H3,(H,20,23). The van der Waals surface area contributed by atoms with Gasteiger partial charge in [0.1, 0.15) is 0 Å². The lowest BCUT2D eigenvalue weighted by molar-refractivity contribution is 0.194. The molecule has 2 saturated heterocycles. The van der Waals surface area contributed by atoms with Crippen LogP contribution in [0.4, 0.5) is 10.7 Å². The molecule has 0 bridgehead atoms. The van der Waals surface area contributed by atoms with Crippen LogP contribution in [0, 0.1) is 0 Å². The molecule has 0 spiro atoms. The van der Waals surface area contributed by atoms with E-state index in [0.717, 1.165) is 57.1 Å². The number of amides is 2. The van der Waals surface area contributed by atoms with Gasteiger partial charge in [-0.3, -0.25) is 0 Å². The van der Waals surface area contributed by atoms with Gasteiger partial charge in [-0.15, -0.1) is 0 Å². The van der Waals surface area contributed by atoms with E-state index in [-0.39, 0.29) is 16.8 Å². The summed E-state index contributed by atoms with van der Waals surface area (Å²) in [7, 11) is 0. The first-order valence-corrected chi connectivity index (χ1v) is 9.73. The zero-order valence-corrected chi connectivity index (χ0v) is 15.4. The number of thioether (sulfide) groups is 1. The van der Waals surface area contributed by atoms with Gasteiger partial charge in [-0.05, 0) is 25.3 Å². The lowest BCUT2D eigenvalue weighted by atomic mass is 10.1. The molecule has 2 fully saturated rings. The van der Waals surface area contributed by atoms with E-state index < -0.39 is 0 Å². The zero-order valence-electron chi connectivity index (χ0n) is 14.6. The van der Waals surface area contributed by atoms with E-state index in [1.165, 1.54) is 0 Å². The van der Waals surface area contributed by atoms with Crippen molar-refractivity contribution >= 4 is 23.7 Å². The summed E-state index contributed by atoms with van der Waals surface area (Å²) in [6, 6.07) is 2.07. The van der Waals surface area contributed by atoms with Crippen molar-refractivity contribution in [3.8, 4) is 0 Å². The molecule has 1 atom stereocenters. The van der Waals surface area contributed by atoms with E-state index in [4.69, 9.17) is 0 Å². The van der Waals surface area contributed by atoms with Gasteiger partial charge < -0.3 is 15.1 Å². The lowest BCUT2D eigenvalue weighted by Crippen LogP contribution is -2.52. The maximum Gasteiger partial charge on any atom is 0.317 e. The Kier molecular flexibility index (Phi) is 5.48. The monoisotopic (exact) mass is 349 g/mol. The summed E-state index contributed by atoms with van der Waals surface area (Å²) in [5, 5.41) is 3.22. The number of rotatable bonds is 2. The summed E-state index contributed by atoms with van der Waals surface area (Å²) >= 11 is 1.96. The Morgan fingerprint density at radius 3 is 2.88 bits per heavy atom. The van der Waals surface area contributed by atoms with E-state index in [1.807, 2.05) is 22.7 Å². The number of carbonyl (C=O) groups is 1. The Labute approximate surface area is 148 Å². The smallest absolute Gasteiger partial charge is 0.317 e. The van der Waals surface area contributed by atoms with Crippen molar-refractivity contribution in [2.24, 2.45) is 0 Å². The average Bonchev–Trinajstić information content (AvgIpc) is 2.77. The molecule has 132 valence electrons. The normalized spacial score (nSPS) is 24.3. The summed E-state index contributed by atoms with van der Waals surface area (Å²) in [6.45, 7) is 7.92. The van der Waals surface area contributed by atoms with Crippen LogP contribution in [-0.2, 0) is 0 Å². The van der Waals surface area contributed by atoms with Gasteiger partial charge in [0.15, 0.2) is 0 Å². The molecule has 3 heterocycles. The van der Waals surface area contributed by atoms with Crippen LogP contribution in [0.15, 0.2) is 18.5 Å². The Morgan fingerprint density at radius 2 is 2.08 bits per heavy atom. The lowest BCUT2D eigenvalue weighted by Gasteiger charge is -2.34. The predicted molar refractivity (Wildman–Crippen MR) is 98.5 cm³/mol. The fourth-order valence-electron chi connectivity index (χ4n) is 3.22. The first kappa shape index (κ1) is 17.3. The van der Waals surface area contributed by atoms with Gasteiger partial charge in [-0.2, -0.15) is 11.8 Å². The van der Waals surface area contributed by atoms with Gasteiger partial charge in [0.25, 0.3) is 0 Å². The molecule has 2 amide bonds. The molecule has 1 aromatic rings. The topological polar surface area (TPSA) is 61.4 Å². The van der Waals surface area contributed by atoms with E-state index in [0.29, 0.717) is 0 Å². The predicted octanol–water partition coefficient (Wildman–Crippen LogP) is 2.37. The maximum atomic E-state index is 12.6. The van der Waals surface area contributed by atoms with Crippen LogP contribution in [0.1, 0.15) is 33.1 Å². The minimum Gasteiger partial charge on any atom is -0.339 e. The Morgan fingerprint density at radius 1 is 1.29 bits per heavy atom. The van der Waals surface area contributed by atoms with Crippen LogP contribution in [-0.4, -0.2) is 63.6 Å². The molecular weight excluding hydrogens is 322 g/mol. The van der Waals surface area contributed by atoms with E-state index >= 15 is 0 Å². The summed E-state index contributed by atoms with van der Waals surface area (Å²) in [5.41, 5.74) is 0. The molecule has 0 radical (unpaired) electrons. The highest BCUT2D eigenvalue weighted by molar-refractivity contribution is 8.00. The van der Waals surface area contributed by atoms with Gasteiger partial charge in [-0.1, -0.05) is 13.8 Å². The molecule has 1 N–H and O–H groups in total. The third-order valence-corrected chi connectivity index (χ3v) is 6.08. The average molecular weight is 350 g/mol. The molecular formula is C17H27N5OS. The summed E-state index contributed by atoms with van der Waals surface area (Å²) in [6.07, 6.45) is 6.64. The third kappa shape index (κ3) is 4.53. The third-order valence-electron chi connectivity index (χ3n) is 4.71. The first-order chi connectivity index (χ1) is 11.5. The molecule has 24 heavy (non-hydrogen) atoms. The highest BCUT2D eigenvalue weighted by Crippen LogP contribution is 2.30. The molecule has 7 heteroatoms. The van der Waals surface area contributed by atoms with Crippen LogP contribution in [0.5, 0.6) is 0 Å². The number of urea groups is 1. The summed E-state index contributed by atoms with van der Waals surface area (Å²) in [5.74, 6) is 1.76. The quantitative estimate of drug-likeness (QED) is 0.888. The molecule has 2 aliphatic rings. The van der Waals surface area contributed by atoms with Crippen molar-refractivity contribution in [2.45, 2.75) is 43.9 Å². The van der Waals surface area contributed by atoms with Gasteiger partial charge in [-0.25, -0.2) is 14.8 Å². The number of hydrogen-bond acceptors (Lipinski definition) is 5. The number of carbonyl (C=O) groups excluding carboxylic acids is 1. The van der Waals surface area contributed by atoms with Gasteiger partial charge in [0, 0.05) is 55.1 Å². The van der Waals surface area contributed by atoms with Crippen LogP contribution in [0.3, 0.4) is 0 Å². The van der Waals surface area contributed by atoms with Crippen molar-refractivity contribution in [3.05, 3.63) is 18.5 Å². The highest BCUT2D eigenvalue weighted by atomic mass is 32.2.